The van der Waals surface area contributed by atoms with Crippen LogP contribution in [0.5, 0.6) is 0 Å². The first-order chi connectivity index (χ1) is 12.4. The monoisotopic (exact) mass is 373 g/mol. The van der Waals surface area contributed by atoms with Crippen LogP contribution in [0.25, 0.3) is 10.9 Å². The Morgan fingerprint density at radius 2 is 1.96 bits per heavy atom. The van der Waals surface area contributed by atoms with E-state index in [9.17, 15) is 13.6 Å². The second-order valence-corrected chi connectivity index (χ2v) is 7.37. The first-order valence-corrected chi connectivity index (χ1v) is 8.67. The zero-order valence-corrected chi connectivity index (χ0v) is 14.5. The summed E-state index contributed by atoms with van der Waals surface area (Å²) < 4.78 is 27.5. The molecule has 26 heavy (non-hydrogen) atoms. The molecule has 2 atom stereocenters. The molecule has 0 saturated carbocycles. The minimum Gasteiger partial charge on any atom is -0.356 e. The van der Waals surface area contributed by atoms with E-state index >= 15 is 0 Å². The Kier molecular flexibility index (Phi) is 3.07. The van der Waals surface area contributed by atoms with Crippen LogP contribution in [0.2, 0.25) is 5.02 Å². The first kappa shape index (κ1) is 15.8. The lowest BCUT2D eigenvalue weighted by Crippen LogP contribution is -2.56. The standard InChI is InChI=1S/C19H14ClF2N3O/c1-8-4-11-10-6-13(21)14(22)7-16(10)23-17(11)19(25-8)12-5-9(20)2-3-15(12)24-18(19)26/h2-3,5-8,23,25H,4H2,1H3,(H,24,26)/t8-,19+/m0/s1. The van der Waals surface area contributed by atoms with Gasteiger partial charge in [0.1, 0.15) is 0 Å². The number of anilines is 1. The van der Waals surface area contributed by atoms with E-state index in [2.05, 4.69) is 15.6 Å². The summed E-state index contributed by atoms with van der Waals surface area (Å²) in [5, 5.41) is 7.37. The van der Waals surface area contributed by atoms with Crippen molar-refractivity contribution in [1.82, 2.24) is 10.3 Å². The van der Waals surface area contributed by atoms with Crippen LogP contribution >= 0.6 is 11.6 Å². The van der Waals surface area contributed by atoms with Gasteiger partial charge in [0.25, 0.3) is 5.91 Å². The summed E-state index contributed by atoms with van der Waals surface area (Å²) in [6.07, 6.45) is 0.589. The van der Waals surface area contributed by atoms with E-state index in [-0.39, 0.29) is 11.9 Å². The summed E-state index contributed by atoms with van der Waals surface area (Å²) in [5.74, 6) is -2.07. The molecule has 0 bridgehead atoms. The van der Waals surface area contributed by atoms with E-state index in [4.69, 9.17) is 11.6 Å². The SMILES string of the molecule is C[C@H]1Cc2c([nH]c3cc(F)c(F)cc23)[C@@]2(N1)C(=O)Nc1ccc(Cl)cc12. The molecule has 132 valence electrons. The van der Waals surface area contributed by atoms with E-state index < -0.39 is 17.2 Å². The number of rotatable bonds is 0. The topological polar surface area (TPSA) is 56.9 Å². The van der Waals surface area contributed by atoms with Crippen LogP contribution in [-0.4, -0.2) is 16.9 Å². The average molecular weight is 374 g/mol. The van der Waals surface area contributed by atoms with Gasteiger partial charge < -0.3 is 10.3 Å². The lowest BCUT2D eigenvalue weighted by atomic mass is 9.80. The Labute approximate surface area is 152 Å². The number of carbonyl (C=O) groups is 1. The highest BCUT2D eigenvalue weighted by Gasteiger charge is 2.53. The van der Waals surface area contributed by atoms with E-state index in [0.717, 1.165) is 11.6 Å². The second-order valence-electron chi connectivity index (χ2n) is 6.93. The Balaban J connectivity index is 1.87. The molecule has 0 aliphatic carbocycles. The summed E-state index contributed by atoms with van der Waals surface area (Å²) in [6.45, 7) is 1.96. The third-order valence-corrected chi connectivity index (χ3v) is 5.50. The van der Waals surface area contributed by atoms with Crippen molar-refractivity contribution in [2.45, 2.75) is 24.9 Å². The third kappa shape index (κ3) is 1.88. The molecule has 5 rings (SSSR count). The molecule has 2 aromatic carbocycles. The smallest absolute Gasteiger partial charge is 0.255 e. The quantitative estimate of drug-likeness (QED) is 0.561. The van der Waals surface area contributed by atoms with E-state index in [1.165, 1.54) is 6.07 Å². The highest BCUT2D eigenvalue weighted by Crippen LogP contribution is 2.47. The summed E-state index contributed by atoms with van der Waals surface area (Å²) >= 11 is 6.18. The molecule has 4 nitrogen and oxygen atoms in total. The maximum atomic E-state index is 13.8. The largest absolute Gasteiger partial charge is 0.356 e. The molecule has 2 aliphatic rings. The van der Waals surface area contributed by atoms with Gasteiger partial charge in [0.2, 0.25) is 0 Å². The van der Waals surface area contributed by atoms with Crippen molar-refractivity contribution in [2.75, 3.05) is 5.32 Å². The van der Waals surface area contributed by atoms with Crippen LogP contribution in [0.3, 0.4) is 0 Å². The van der Waals surface area contributed by atoms with Crippen molar-refractivity contribution in [2.24, 2.45) is 0 Å². The third-order valence-electron chi connectivity index (χ3n) is 5.27. The number of halogens is 3. The maximum absolute atomic E-state index is 13.8. The number of hydrogen-bond donors (Lipinski definition) is 3. The number of H-pyrrole nitrogens is 1. The normalized spacial score (nSPS) is 24.0. The second kappa shape index (κ2) is 5.05. The number of amides is 1. The number of nitrogens with one attached hydrogen (secondary N) is 3. The average Bonchev–Trinajstić information content (AvgIpc) is 3.06. The van der Waals surface area contributed by atoms with Gasteiger partial charge in [-0.3, -0.25) is 10.1 Å². The van der Waals surface area contributed by atoms with E-state index in [0.29, 0.717) is 39.3 Å². The molecular formula is C19H14ClF2N3O. The number of fused-ring (bicyclic) bond motifs is 6. The zero-order valence-electron chi connectivity index (χ0n) is 13.7. The van der Waals surface area contributed by atoms with Crippen LogP contribution in [0, 0.1) is 11.6 Å². The molecular weight excluding hydrogens is 360 g/mol. The van der Waals surface area contributed by atoms with Crippen LogP contribution in [0.4, 0.5) is 14.5 Å². The van der Waals surface area contributed by atoms with Crippen LogP contribution in [0.15, 0.2) is 30.3 Å². The van der Waals surface area contributed by atoms with Gasteiger partial charge in [0.15, 0.2) is 17.2 Å². The Morgan fingerprint density at radius 3 is 2.77 bits per heavy atom. The minimum atomic E-state index is -1.17. The lowest BCUT2D eigenvalue weighted by molar-refractivity contribution is -0.121. The zero-order chi connectivity index (χ0) is 18.2. The fourth-order valence-corrected chi connectivity index (χ4v) is 4.41. The molecule has 3 N–H and O–H groups in total. The molecule has 0 unspecified atom stereocenters. The molecule has 1 amide bonds. The molecule has 1 aromatic heterocycles. The van der Waals surface area contributed by atoms with E-state index in [1.54, 1.807) is 18.2 Å². The van der Waals surface area contributed by atoms with Gasteiger partial charge in [-0.25, -0.2) is 8.78 Å². The molecule has 7 heteroatoms. The first-order valence-electron chi connectivity index (χ1n) is 8.29. The van der Waals surface area contributed by atoms with Crippen molar-refractivity contribution < 1.29 is 13.6 Å². The summed E-state index contributed by atoms with van der Waals surface area (Å²) in [7, 11) is 0. The number of benzene rings is 2. The Bertz CT molecular complexity index is 1110. The Hall–Kier alpha value is -2.44. The molecule has 0 radical (unpaired) electrons. The van der Waals surface area contributed by atoms with Crippen LogP contribution in [-0.2, 0) is 16.8 Å². The van der Waals surface area contributed by atoms with Crippen LogP contribution < -0.4 is 10.6 Å². The van der Waals surface area contributed by atoms with Gasteiger partial charge in [-0.2, -0.15) is 0 Å². The van der Waals surface area contributed by atoms with Gasteiger partial charge in [-0.05, 0) is 43.2 Å². The van der Waals surface area contributed by atoms with Crippen molar-refractivity contribution in [3.63, 3.8) is 0 Å². The van der Waals surface area contributed by atoms with Gasteiger partial charge in [-0.15, -0.1) is 0 Å². The number of carbonyl (C=O) groups excluding carboxylic acids is 1. The van der Waals surface area contributed by atoms with Crippen molar-refractivity contribution in [3.05, 3.63) is 63.8 Å². The minimum absolute atomic E-state index is 0.0507. The van der Waals surface area contributed by atoms with Crippen molar-refractivity contribution in [1.29, 1.82) is 0 Å². The molecule has 3 aromatic rings. The Morgan fingerprint density at radius 1 is 1.19 bits per heavy atom. The van der Waals surface area contributed by atoms with Crippen molar-refractivity contribution >= 4 is 34.1 Å². The van der Waals surface area contributed by atoms with Crippen molar-refractivity contribution in [3.8, 4) is 0 Å². The highest BCUT2D eigenvalue weighted by atomic mass is 35.5. The van der Waals surface area contributed by atoms with Gasteiger partial charge in [-0.1, -0.05) is 11.6 Å². The maximum Gasteiger partial charge on any atom is 0.255 e. The molecule has 0 fully saturated rings. The van der Waals surface area contributed by atoms with Gasteiger partial charge in [0.05, 0.1) is 5.69 Å². The van der Waals surface area contributed by atoms with Gasteiger partial charge in [0, 0.05) is 39.3 Å². The lowest BCUT2D eigenvalue weighted by Gasteiger charge is -2.37. The fraction of sp³-hybridized carbons (Fsp3) is 0.211. The number of hydrogen-bond acceptors (Lipinski definition) is 2. The summed E-state index contributed by atoms with van der Waals surface area (Å²) in [4.78, 5) is 16.2. The van der Waals surface area contributed by atoms with Gasteiger partial charge >= 0.3 is 0 Å². The summed E-state index contributed by atoms with van der Waals surface area (Å²) in [5.41, 5.74) is 2.09. The predicted molar refractivity (Wildman–Crippen MR) is 95.4 cm³/mol. The fourth-order valence-electron chi connectivity index (χ4n) is 4.24. The molecule has 3 heterocycles. The predicted octanol–water partition coefficient (Wildman–Crippen LogP) is 3.83. The number of aromatic amines is 1. The molecule has 2 aliphatic heterocycles. The highest BCUT2D eigenvalue weighted by molar-refractivity contribution is 6.31. The molecule has 1 spiro atoms. The van der Waals surface area contributed by atoms with E-state index in [1.807, 2.05) is 6.92 Å². The van der Waals surface area contributed by atoms with Crippen LogP contribution in [0.1, 0.15) is 23.7 Å². The molecule has 0 saturated heterocycles. The number of aromatic nitrogens is 1. The summed E-state index contributed by atoms with van der Waals surface area (Å²) in [6, 6.07) is 7.49.